The van der Waals surface area contributed by atoms with Crippen molar-refractivity contribution in [3.05, 3.63) is 282 Å². The topological polar surface area (TPSA) is 0 Å². The molecule has 57 heavy (non-hydrogen) atoms. The molecule has 4 atom stereocenters. The van der Waals surface area contributed by atoms with Gasteiger partial charge in [0.1, 0.15) is 0 Å². The molecule has 0 nitrogen and oxygen atoms in total. The largest absolute Gasteiger partial charge is 0.192 e. The lowest BCUT2D eigenvalue weighted by molar-refractivity contribution is 0.574. The van der Waals surface area contributed by atoms with E-state index in [9.17, 15) is 0 Å². The van der Waals surface area contributed by atoms with Gasteiger partial charge in [-0.3, -0.25) is 0 Å². The van der Waals surface area contributed by atoms with E-state index in [4.69, 9.17) is 0 Å². The van der Waals surface area contributed by atoms with Gasteiger partial charge in [-0.05, 0) is 79.6 Å². The van der Waals surface area contributed by atoms with Gasteiger partial charge in [-0.1, -0.05) is 254 Å². The molecule has 1 saturated heterocycles. The molecule has 0 saturated carbocycles. The van der Waals surface area contributed by atoms with E-state index in [0.717, 1.165) is 0 Å². The second-order valence-corrected chi connectivity index (χ2v) is 15.1. The van der Waals surface area contributed by atoms with Crippen LogP contribution in [-0.4, -0.2) is 6.71 Å². The molecule has 9 rings (SSSR count). The summed E-state index contributed by atoms with van der Waals surface area (Å²) in [7, 11) is 0. The van der Waals surface area contributed by atoms with Gasteiger partial charge in [0.25, 0.3) is 0 Å². The van der Waals surface area contributed by atoms with Crippen LogP contribution in [0.2, 0.25) is 5.82 Å². The predicted molar refractivity (Wildman–Crippen MR) is 244 cm³/mol. The van der Waals surface area contributed by atoms with Crippen LogP contribution in [0.3, 0.4) is 0 Å². The number of allylic oxidation sites excluding steroid dienone is 3. The SMILES string of the molecule is C(=C(\C(=C(\c1ccccc1)C1B(c2ccccc2)C(c2ccccc2)C(c2ccccc2)C1c1ccccc1)c1ccccc1)c1ccccc1)/c1ccccc1. The van der Waals surface area contributed by atoms with E-state index >= 15 is 0 Å². The standard InChI is InChI=1S/C56H45B/c1-9-25-42(26-10-1)41-50(43-27-11-2-12-28-43)51(44-29-13-3-14-30-44)52(45-31-15-4-16-32-45)56-54(47-35-19-6-20-36-47)53(46-33-17-5-18-34-46)55(48-37-21-7-22-38-48)57(56)49-39-23-8-24-40-49/h1-41,53-56H/b50-41+,52-51-. The third-order valence-corrected chi connectivity index (χ3v) is 11.9. The Morgan fingerprint density at radius 1 is 0.351 bits per heavy atom. The summed E-state index contributed by atoms with van der Waals surface area (Å²) >= 11 is 0. The summed E-state index contributed by atoms with van der Waals surface area (Å²) < 4.78 is 0. The fourth-order valence-electron chi connectivity index (χ4n) is 9.65. The van der Waals surface area contributed by atoms with Crippen molar-refractivity contribution in [2.45, 2.75) is 23.5 Å². The average Bonchev–Trinajstić information content (AvgIpc) is 3.65. The summed E-state index contributed by atoms with van der Waals surface area (Å²) in [5, 5.41) is 0. The molecule has 0 radical (unpaired) electrons. The summed E-state index contributed by atoms with van der Waals surface area (Å²) in [4.78, 5) is 0. The van der Waals surface area contributed by atoms with Crippen LogP contribution in [0.1, 0.15) is 56.6 Å². The smallest absolute Gasteiger partial charge is 0.0787 e. The Morgan fingerprint density at radius 3 is 1.25 bits per heavy atom. The van der Waals surface area contributed by atoms with Crippen molar-refractivity contribution in [2.24, 2.45) is 0 Å². The quantitative estimate of drug-likeness (QED) is 0.0747. The van der Waals surface area contributed by atoms with E-state index in [1.54, 1.807) is 0 Å². The minimum absolute atomic E-state index is 0.0608. The highest BCUT2D eigenvalue weighted by molar-refractivity contribution is 6.79. The van der Waals surface area contributed by atoms with Gasteiger partial charge in [0.05, 0.1) is 0 Å². The predicted octanol–water partition coefficient (Wildman–Crippen LogP) is 13.5. The summed E-state index contributed by atoms with van der Waals surface area (Å²) in [6, 6.07) is 89.7. The maximum Gasteiger partial charge on any atom is 0.192 e. The summed E-state index contributed by atoms with van der Waals surface area (Å²) in [6.07, 6.45) is 2.41. The Kier molecular flexibility index (Phi) is 10.7. The molecule has 1 heteroatoms. The number of benzene rings is 8. The van der Waals surface area contributed by atoms with Gasteiger partial charge in [-0.2, -0.15) is 0 Å². The molecule has 4 unspecified atom stereocenters. The molecule has 8 aromatic rings. The molecule has 272 valence electrons. The van der Waals surface area contributed by atoms with E-state index in [-0.39, 0.29) is 30.2 Å². The number of hydrogen-bond donors (Lipinski definition) is 0. The van der Waals surface area contributed by atoms with Gasteiger partial charge in [-0.25, -0.2) is 0 Å². The fraction of sp³-hybridized carbons (Fsp3) is 0.0714. The molecule has 1 aliphatic heterocycles. The molecule has 1 aliphatic rings. The first-order valence-corrected chi connectivity index (χ1v) is 20.2. The van der Waals surface area contributed by atoms with Crippen molar-refractivity contribution in [3.8, 4) is 0 Å². The monoisotopic (exact) mass is 728 g/mol. The van der Waals surface area contributed by atoms with Gasteiger partial charge in [0, 0.05) is 0 Å². The average molecular weight is 729 g/mol. The van der Waals surface area contributed by atoms with E-state index in [1.807, 2.05) is 0 Å². The van der Waals surface area contributed by atoms with Gasteiger partial charge in [0.15, 0.2) is 6.71 Å². The normalized spacial score (nSPS) is 18.5. The number of hydrogen-bond acceptors (Lipinski definition) is 0. The van der Waals surface area contributed by atoms with E-state index < -0.39 is 0 Å². The first-order valence-electron chi connectivity index (χ1n) is 20.2. The summed E-state index contributed by atoms with van der Waals surface area (Å²) in [5.41, 5.74) is 14.2. The van der Waals surface area contributed by atoms with Crippen molar-refractivity contribution in [1.82, 2.24) is 0 Å². The molecular weight excluding hydrogens is 683 g/mol. The zero-order valence-corrected chi connectivity index (χ0v) is 32.1. The Morgan fingerprint density at radius 2 is 0.737 bits per heavy atom. The van der Waals surface area contributed by atoms with Crippen LogP contribution in [-0.2, 0) is 0 Å². The molecule has 0 bridgehead atoms. The van der Waals surface area contributed by atoms with Crippen LogP contribution in [0, 0.1) is 0 Å². The van der Waals surface area contributed by atoms with Gasteiger partial charge < -0.3 is 0 Å². The molecule has 8 aromatic carbocycles. The molecule has 0 aliphatic carbocycles. The van der Waals surface area contributed by atoms with Crippen LogP contribution in [0.5, 0.6) is 0 Å². The van der Waals surface area contributed by atoms with E-state index in [2.05, 4.69) is 249 Å². The van der Waals surface area contributed by atoms with Crippen molar-refractivity contribution >= 4 is 35.0 Å². The van der Waals surface area contributed by atoms with Crippen molar-refractivity contribution in [3.63, 3.8) is 0 Å². The van der Waals surface area contributed by atoms with E-state index in [1.165, 1.54) is 61.1 Å². The molecule has 1 heterocycles. The highest BCUT2D eigenvalue weighted by Gasteiger charge is 2.56. The Hall–Kier alpha value is -6.70. The molecule has 0 aromatic heterocycles. The Labute approximate surface area is 338 Å². The fourth-order valence-corrected chi connectivity index (χ4v) is 9.65. The first-order chi connectivity index (χ1) is 28.3. The molecule has 0 amide bonds. The summed E-state index contributed by atoms with van der Waals surface area (Å²) in [6.45, 7) is 0.131. The zero-order chi connectivity index (χ0) is 38.2. The van der Waals surface area contributed by atoms with Crippen LogP contribution < -0.4 is 5.46 Å². The number of rotatable bonds is 10. The van der Waals surface area contributed by atoms with Gasteiger partial charge in [0.2, 0.25) is 0 Å². The van der Waals surface area contributed by atoms with Crippen LogP contribution >= 0.6 is 0 Å². The molecule has 0 spiro atoms. The van der Waals surface area contributed by atoms with Crippen LogP contribution in [0.4, 0.5) is 0 Å². The van der Waals surface area contributed by atoms with Crippen molar-refractivity contribution in [1.29, 1.82) is 0 Å². The third-order valence-electron chi connectivity index (χ3n) is 11.9. The molecular formula is C56H45B. The maximum atomic E-state index is 2.41. The summed E-state index contributed by atoms with van der Waals surface area (Å²) in [5.74, 6) is 0.554. The van der Waals surface area contributed by atoms with Crippen LogP contribution in [0.25, 0.3) is 22.8 Å². The second kappa shape index (κ2) is 17.0. The lowest BCUT2D eigenvalue weighted by atomic mass is 9.30. The van der Waals surface area contributed by atoms with Gasteiger partial charge in [-0.15, -0.1) is 0 Å². The Balaban J connectivity index is 1.47. The lowest BCUT2D eigenvalue weighted by Gasteiger charge is -2.33. The van der Waals surface area contributed by atoms with Crippen molar-refractivity contribution < 1.29 is 0 Å². The molecule has 1 fully saturated rings. The Bertz CT molecular complexity index is 2440. The van der Waals surface area contributed by atoms with Crippen LogP contribution in [0.15, 0.2) is 243 Å². The lowest BCUT2D eigenvalue weighted by Crippen LogP contribution is -2.38. The maximum absolute atomic E-state index is 2.41. The minimum Gasteiger partial charge on any atom is -0.0787 e. The highest BCUT2D eigenvalue weighted by Crippen LogP contribution is 2.64. The van der Waals surface area contributed by atoms with E-state index in [0.29, 0.717) is 0 Å². The zero-order valence-electron chi connectivity index (χ0n) is 32.1. The van der Waals surface area contributed by atoms with Gasteiger partial charge >= 0.3 is 0 Å². The first kappa shape index (κ1) is 36.0. The second-order valence-electron chi connectivity index (χ2n) is 15.1. The highest BCUT2D eigenvalue weighted by atomic mass is 14.5. The van der Waals surface area contributed by atoms with Crippen molar-refractivity contribution in [2.75, 3.05) is 0 Å². The minimum atomic E-state index is 0.0608. The molecule has 0 N–H and O–H groups in total. The third kappa shape index (κ3) is 7.50.